The Morgan fingerprint density at radius 2 is 2.15 bits per heavy atom. The average Bonchev–Trinajstić information content (AvgIpc) is 2.84. The number of carbonyl (C=O) groups excluding carboxylic acids is 1. The minimum Gasteiger partial charge on any atom is -0.295 e. The summed E-state index contributed by atoms with van der Waals surface area (Å²) in [6, 6.07) is 3.54. The molecule has 0 unspecified atom stereocenters. The molecule has 106 valence electrons. The first-order valence-corrected chi connectivity index (χ1v) is 7.02. The van der Waals surface area contributed by atoms with Crippen molar-refractivity contribution in [1.82, 2.24) is 20.3 Å². The molecule has 0 fully saturated rings. The molecule has 0 spiro atoms. The summed E-state index contributed by atoms with van der Waals surface area (Å²) in [5, 5.41) is 3.14. The number of nitrogens with zero attached hydrogens (tertiary/aromatic N) is 3. The number of thiazole rings is 1. The lowest BCUT2D eigenvalue weighted by molar-refractivity contribution is 0.0953. The predicted molar refractivity (Wildman–Crippen MR) is 77.9 cm³/mol. The molecule has 0 aliphatic rings. The van der Waals surface area contributed by atoms with Gasteiger partial charge in [-0.25, -0.2) is 10.8 Å². The maximum Gasteiger partial charge on any atom is 0.266 e. The summed E-state index contributed by atoms with van der Waals surface area (Å²) in [7, 11) is 2.01. The number of aromatic nitrogens is 2. The van der Waals surface area contributed by atoms with Crippen LogP contribution in [0.1, 0.15) is 26.8 Å². The lowest BCUT2D eigenvalue weighted by Crippen LogP contribution is -2.30. The maximum absolute atomic E-state index is 11.3. The fraction of sp³-hybridized carbons (Fsp3) is 0.308. The molecule has 2 aromatic heterocycles. The number of carbonyl (C=O) groups is 1. The fourth-order valence-electron chi connectivity index (χ4n) is 1.83. The zero-order valence-corrected chi connectivity index (χ0v) is 12.3. The second kappa shape index (κ2) is 6.56. The van der Waals surface area contributed by atoms with E-state index in [1.807, 2.05) is 20.0 Å². The Kier molecular flexibility index (Phi) is 4.78. The number of aryl methyl sites for hydroxylation is 1. The largest absolute Gasteiger partial charge is 0.295 e. The molecule has 20 heavy (non-hydrogen) atoms. The summed E-state index contributed by atoms with van der Waals surface area (Å²) < 4.78 is 0. The predicted octanol–water partition coefficient (Wildman–Crippen LogP) is 1.08. The summed E-state index contributed by atoms with van der Waals surface area (Å²) in [6.07, 6.45) is 1.53. The molecular weight excluding hydrogens is 274 g/mol. The monoisotopic (exact) mass is 291 g/mol. The zero-order chi connectivity index (χ0) is 14.5. The first kappa shape index (κ1) is 14.6. The number of rotatable bonds is 5. The van der Waals surface area contributed by atoms with Gasteiger partial charge in [-0.2, -0.15) is 0 Å². The van der Waals surface area contributed by atoms with Gasteiger partial charge >= 0.3 is 0 Å². The molecule has 0 radical (unpaired) electrons. The Bertz CT molecular complexity index is 581. The van der Waals surface area contributed by atoms with Crippen LogP contribution < -0.4 is 11.3 Å². The summed E-state index contributed by atoms with van der Waals surface area (Å²) >= 11 is 1.65. The van der Waals surface area contributed by atoms with Crippen molar-refractivity contribution in [2.45, 2.75) is 20.0 Å². The number of amides is 1. The maximum atomic E-state index is 11.3. The van der Waals surface area contributed by atoms with Crippen molar-refractivity contribution in [3.05, 3.63) is 45.7 Å². The summed E-state index contributed by atoms with van der Waals surface area (Å²) in [5.41, 5.74) is 4.49. The van der Waals surface area contributed by atoms with Gasteiger partial charge in [0.15, 0.2) is 0 Å². The van der Waals surface area contributed by atoms with Crippen molar-refractivity contribution < 1.29 is 4.79 Å². The topological polar surface area (TPSA) is 84.1 Å². The van der Waals surface area contributed by atoms with Gasteiger partial charge in [-0.05, 0) is 26.1 Å². The van der Waals surface area contributed by atoms with Crippen LogP contribution in [0.15, 0.2) is 23.7 Å². The summed E-state index contributed by atoms with van der Waals surface area (Å²) in [6.45, 7) is 3.47. The van der Waals surface area contributed by atoms with Crippen molar-refractivity contribution in [3.8, 4) is 0 Å². The van der Waals surface area contributed by atoms with E-state index in [4.69, 9.17) is 5.84 Å². The van der Waals surface area contributed by atoms with E-state index in [0.29, 0.717) is 12.1 Å². The molecule has 0 aliphatic heterocycles. The van der Waals surface area contributed by atoms with Crippen molar-refractivity contribution in [1.29, 1.82) is 0 Å². The normalized spacial score (nSPS) is 10.8. The molecule has 2 aromatic rings. The molecule has 2 rings (SSSR count). The molecule has 0 saturated carbocycles. The molecule has 0 bridgehead atoms. The van der Waals surface area contributed by atoms with Crippen LogP contribution in [0.4, 0.5) is 0 Å². The minimum absolute atomic E-state index is 0.338. The van der Waals surface area contributed by atoms with E-state index < -0.39 is 0 Å². The highest BCUT2D eigenvalue weighted by Crippen LogP contribution is 2.11. The van der Waals surface area contributed by atoms with Gasteiger partial charge in [-0.1, -0.05) is 0 Å². The van der Waals surface area contributed by atoms with Crippen LogP contribution >= 0.6 is 11.3 Å². The van der Waals surface area contributed by atoms with Crippen LogP contribution in [0.5, 0.6) is 0 Å². The van der Waals surface area contributed by atoms with Crippen LogP contribution in [0.25, 0.3) is 0 Å². The SMILES string of the molecule is Cc1nc(CN(C)Cc2ccc(C(=O)NN)cn2)cs1. The van der Waals surface area contributed by atoms with Crippen LogP contribution in [0.2, 0.25) is 0 Å². The molecule has 0 saturated heterocycles. The van der Waals surface area contributed by atoms with E-state index in [1.54, 1.807) is 17.4 Å². The van der Waals surface area contributed by atoms with Crippen molar-refractivity contribution in [2.24, 2.45) is 5.84 Å². The van der Waals surface area contributed by atoms with Crippen LogP contribution in [0, 0.1) is 6.92 Å². The molecule has 0 atom stereocenters. The van der Waals surface area contributed by atoms with Gasteiger partial charge in [0.05, 0.1) is 22.0 Å². The van der Waals surface area contributed by atoms with Gasteiger partial charge in [-0.3, -0.25) is 20.1 Å². The number of hydrazine groups is 1. The van der Waals surface area contributed by atoms with E-state index in [1.165, 1.54) is 6.20 Å². The Labute approximate surface area is 121 Å². The molecular formula is C13H17N5OS. The second-order valence-corrected chi connectivity index (χ2v) is 5.60. The van der Waals surface area contributed by atoms with Gasteiger partial charge in [0.2, 0.25) is 0 Å². The lowest BCUT2D eigenvalue weighted by atomic mass is 10.2. The Morgan fingerprint density at radius 3 is 2.70 bits per heavy atom. The minimum atomic E-state index is -0.338. The van der Waals surface area contributed by atoms with E-state index in [-0.39, 0.29) is 5.91 Å². The third kappa shape index (κ3) is 3.83. The third-order valence-electron chi connectivity index (χ3n) is 2.75. The van der Waals surface area contributed by atoms with E-state index in [2.05, 4.69) is 25.7 Å². The zero-order valence-electron chi connectivity index (χ0n) is 11.5. The molecule has 3 N–H and O–H groups in total. The number of nitrogens with one attached hydrogen (secondary N) is 1. The molecule has 2 heterocycles. The Balaban J connectivity index is 1.94. The number of hydrogen-bond acceptors (Lipinski definition) is 6. The molecule has 1 amide bonds. The van der Waals surface area contributed by atoms with E-state index >= 15 is 0 Å². The molecule has 0 aromatic carbocycles. The van der Waals surface area contributed by atoms with Crippen LogP contribution in [-0.2, 0) is 13.1 Å². The van der Waals surface area contributed by atoms with Crippen molar-refractivity contribution in [3.63, 3.8) is 0 Å². The highest BCUT2D eigenvalue weighted by Gasteiger charge is 2.07. The molecule has 7 heteroatoms. The Hall–Kier alpha value is -1.83. The highest BCUT2D eigenvalue weighted by molar-refractivity contribution is 7.09. The summed E-state index contributed by atoms with van der Waals surface area (Å²) in [4.78, 5) is 22.1. The van der Waals surface area contributed by atoms with Crippen LogP contribution in [-0.4, -0.2) is 27.8 Å². The van der Waals surface area contributed by atoms with Crippen molar-refractivity contribution >= 4 is 17.2 Å². The van der Waals surface area contributed by atoms with E-state index in [9.17, 15) is 4.79 Å². The first-order valence-electron chi connectivity index (χ1n) is 6.14. The van der Waals surface area contributed by atoms with Gasteiger partial charge < -0.3 is 0 Å². The standard InChI is InChI=1S/C13H17N5OS/c1-9-16-12(8-20-9)7-18(2)6-11-4-3-10(5-15-11)13(19)17-14/h3-5,8H,6-7,14H2,1-2H3,(H,17,19). The average molecular weight is 291 g/mol. The molecule has 0 aliphatic carbocycles. The van der Waals surface area contributed by atoms with Crippen molar-refractivity contribution in [2.75, 3.05) is 7.05 Å². The number of nitrogens with two attached hydrogens (primary N) is 1. The lowest BCUT2D eigenvalue weighted by Gasteiger charge is -2.14. The number of pyridine rings is 1. The Morgan fingerprint density at radius 1 is 1.40 bits per heavy atom. The number of hydrogen-bond donors (Lipinski definition) is 2. The first-order chi connectivity index (χ1) is 9.58. The quantitative estimate of drug-likeness (QED) is 0.489. The van der Waals surface area contributed by atoms with Gasteiger partial charge in [0.1, 0.15) is 0 Å². The third-order valence-corrected chi connectivity index (χ3v) is 3.57. The highest BCUT2D eigenvalue weighted by atomic mass is 32.1. The number of nitrogen functional groups attached to an aromatic ring is 1. The van der Waals surface area contributed by atoms with Gasteiger partial charge in [0.25, 0.3) is 5.91 Å². The molecule has 6 nitrogen and oxygen atoms in total. The van der Waals surface area contributed by atoms with Gasteiger partial charge in [-0.15, -0.1) is 11.3 Å². The van der Waals surface area contributed by atoms with Gasteiger partial charge in [0, 0.05) is 24.7 Å². The van der Waals surface area contributed by atoms with Crippen LogP contribution in [0.3, 0.4) is 0 Å². The van der Waals surface area contributed by atoms with E-state index in [0.717, 1.165) is 22.9 Å². The smallest absolute Gasteiger partial charge is 0.266 e. The second-order valence-electron chi connectivity index (χ2n) is 4.54. The summed E-state index contributed by atoms with van der Waals surface area (Å²) in [5.74, 6) is 4.73. The fourth-order valence-corrected chi connectivity index (χ4v) is 2.43.